The van der Waals surface area contributed by atoms with E-state index >= 15 is 0 Å². The van der Waals surface area contributed by atoms with Crippen molar-refractivity contribution in [3.05, 3.63) is 29.8 Å². The van der Waals surface area contributed by atoms with E-state index in [1.54, 1.807) is 0 Å². The highest BCUT2D eigenvalue weighted by molar-refractivity contribution is 5.85. The zero-order valence-corrected chi connectivity index (χ0v) is 12.5. The summed E-state index contributed by atoms with van der Waals surface area (Å²) >= 11 is 0. The molecule has 1 heterocycles. The van der Waals surface area contributed by atoms with E-state index in [1.807, 2.05) is 0 Å². The number of anilines is 1. The first kappa shape index (κ1) is 15.3. The molecule has 0 amide bonds. The Morgan fingerprint density at radius 3 is 2.28 bits per heavy atom. The highest BCUT2D eigenvalue weighted by Crippen LogP contribution is 2.25. The van der Waals surface area contributed by atoms with Gasteiger partial charge in [0.25, 0.3) is 0 Å². The SMILES string of the molecule is CC(C)(C)c1ccc(N2CCCNCC2)cc1.Cl. The number of halogens is 1. The lowest BCUT2D eigenvalue weighted by atomic mass is 9.87. The Hall–Kier alpha value is -0.730. The number of rotatable bonds is 1. The molecule has 1 N–H and O–H groups in total. The standard InChI is InChI=1S/C15H24N2.ClH/c1-15(2,3)13-5-7-14(8-6-13)17-11-4-9-16-10-12-17;/h5-8,16H,4,9-12H2,1-3H3;1H. The lowest BCUT2D eigenvalue weighted by Crippen LogP contribution is -2.27. The van der Waals surface area contributed by atoms with Crippen LogP contribution in [0.4, 0.5) is 5.69 Å². The van der Waals surface area contributed by atoms with Gasteiger partial charge in [-0.25, -0.2) is 0 Å². The summed E-state index contributed by atoms with van der Waals surface area (Å²) in [6.45, 7) is 11.3. The molecule has 3 heteroatoms. The average molecular weight is 269 g/mol. The van der Waals surface area contributed by atoms with Crippen molar-refractivity contribution in [3.63, 3.8) is 0 Å². The third kappa shape index (κ3) is 3.89. The maximum Gasteiger partial charge on any atom is 0.0366 e. The summed E-state index contributed by atoms with van der Waals surface area (Å²) in [5, 5.41) is 3.44. The highest BCUT2D eigenvalue weighted by atomic mass is 35.5. The maximum atomic E-state index is 3.44. The molecule has 0 spiro atoms. The third-order valence-electron chi connectivity index (χ3n) is 3.44. The molecule has 0 radical (unpaired) electrons. The Kier molecular flexibility index (Phi) is 5.48. The second kappa shape index (κ2) is 6.44. The smallest absolute Gasteiger partial charge is 0.0366 e. The fourth-order valence-corrected chi connectivity index (χ4v) is 2.28. The Morgan fingerprint density at radius 2 is 1.67 bits per heavy atom. The van der Waals surface area contributed by atoms with Crippen LogP contribution in [0.3, 0.4) is 0 Å². The predicted octanol–water partition coefficient (Wildman–Crippen LogP) is 3.21. The van der Waals surface area contributed by atoms with Crippen molar-refractivity contribution in [2.24, 2.45) is 0 Å². The molecule has 2 nitrogen and oxygen atoms in total. The van der Waals surface area contributed by atoms with Gasteiger partial charge in [-0.3, -0.25) is 0 Å². The van der Waals surface area contributed by atoms with Crippen LogP contribution >= 0.6 is 12.4 Å². The van der Waals surface area contributed by atoms with Gasteiger partial charge in [-0.2, -0.15) is 0 Å². The van der Waals surface area contributed by atoms with Crippen LogP contribution in [0.5, 0.6) is 0 Å². The minimum absolute atomic E-state index is 0. The van der Waals surface area contributed by atoms with Crippen LogP contribution in [0, 0.1) is 0 Å². The molecule has 0 atom stereocenters. The van der Waals surface area contributed by atoms with Gasteiger partial charge >= 0.3 is 0 Å². The molecule has 2 rings (SSSR count). The summed E-state index contributed by atoms with van der Waals surface area (Å²) in [5.41, 5.74) is 3.02. The summed E-state index contributed by atoms with van der Waals surface area (Å²) in [5.74, 6) is 0. The first-order chi connectivity index (χ1) is 8.07. The summed E-state index contributed by atoms with van der Waals surface area (Å²) in [6.07, 6.45) is 1.24. The minimum atomic E-state index is 0. The van der Waals surface area contributed by atoms with Crippen molar-refractivity contribution in [1.82, 2.24) is 5.32 Å². The molecule has 18 heavy (non-hydrogen) atoms. The van der Waals surface area contributed by atoms with Crippen LogP contribution < -0.4 is 10.2 Å². The van der Waals surface area contributed by atoms with Gasteiger partial charge in [-0.15, -0.1) is 12.4 Å². The van der Waals surface area contributed by atoms with Gasteiger partial charge in [0.05, 0.1) is 0 Å². The van der Waals surface area contributed by atoms with Crippen LogP contribution in [-0.2, 0) is 5.41 Å². The monoisotopic (exact) mass is 268 g/mol. The summed E-state index contributed by atoms with van der Waals surface area (Å²) in [6, 6.07) is 9.08. The van der Waals surface area contributed by atoms with Crippen LogP contribution in [-0.4, -0.2) is 26.2 Å². The zero-order valence-electron chi connectivity index (χ0n) is 11.7. The first-order valence-corrected chi connectivity index (χ1v) is 6.63. The van der Waals surface area contributed by atoms with Gasteiger partial charge in [-0.05, 0) is 36.1 Å². The quantitative estimate of drug-likeness (QED) is 0.842. The van der Waals surface area contributed by atoms with Crippen molar-refractivity contribution >= 4 is 18.1 Å². The molecule has 0 bridgehead atoms. The third-order valence-corrected chi connectivity index (χ3v) is 3.44. The van der Waals surface area contributed by atoms with Gasteiger partial charge in [-0.1, -0.05) is 32.9 Å². The van der Waals surface area contributed by atoms with E-state index in [-0.39, 0.29) is 17.8 Å². The van der Waals surface area contributed by atoms with Crippen molar-refractivity contribution in [3.8, 4) is 0 Å². The van der Waals surface area contributed by atoms with Gasteiger partial charge in [0, 0.05) is 25.3 Å². The molecule has 0 aliphatic carbocycles. The average Bonchev–Trinajstić information content (AvgIpc) is 2.56. The molecule has 1 aliphatic heterocycles. The van der Waals surface area contributed by atoms with Crippen LogP contribution in [0.2, 0.25) is 0 Å². The van der Waals surface area contributed by atoms with Crippen LogP contribution in [0.1, 0.15) is 32.8 Å². The van der Waals surface area contributed by atoms with E-state index in [0.717, 1.165) is 19.6 Å². The van der Waals surface area contributed by atoms with E-state index < -0.39 is 0 Å². The maximum absolute atomic E-state index is 3.44. The van der Waals surface area contributed by atoms with Crippen LogP contribution in [0.15, 0.2) is 24.3 Å². The van der Waals surface area contributed by atoms with E-state index in [2.05, 4.69) is 55.3 Å². The van der Waals surface area contributed by atoms with Crippen LogP contribution in [0.25, 0.3) is 0 Å². The molecule has 0 aromatic heterocycles. The summed E-state index contributed by atoms with van der Waals surface area (Å²) < 4.78 is 0. The topological polar surface area (TPSA) is 15.3 Å². The number of nitrogens with zero attached hydrogens (tertiary/aromatic N) is 1. The molecule has 102 valence electrons. The second-order valence-corrected chi connectivity index (χ2v) is 5.89. The predicted molar refractivity (Wildman–Crippen MR) is 82.1 cm³/mol. The molecule has 0 unspecified atom stereocenters. The van der Waals surface area contributed by atoms with E-state index in [1.165, 1.54) is 24.2 Å². The Balaban J connectivity index is 0.00000162. The lowest BCUT2D eigenvalue weighted by Gasteiger charge is -2.24. The van der Waals surface area contributed by atoms with Gasteiger partial charge in [0.1, 0.15) is 0 Å². The van der Waals surface area contributed by atoms with E-state index in [4.69, 9.17) is 0 Å². The Labute approximate surface area is 117 Å². The van der Waals surface area contributed by atoms with Gasteiger partial charge < -0.3 is 10.2 Å². The van der Waals surface area contributed by atoms with E-state index in [0.29, 0.717) is 0 Å². The highest BCUT2D eigenvalue weighted by Gasteiger charge is 2.14. The van der Waals surface area contributed by atoms with Crippen molar-refractivity contribution in [2.45, 2.75) is 32.6 Å². The largest absolute Gasteiger partial charge is 0.370 e. The molecule has 1 saturated heterocycles. The molecule has 1 aromatic rings. The van der Waals surface area contributed by atoms with Crippen molar-refractivity contribution in [1.29, 1.82) is 0 Å². The molecule has 1 aliphatic rings. The zero-order chi connectivity index (χ0) is 12.3. The van der Waals surface area contributed by atoms with Gasteiger partial charge in [0.15, 0.2) is 0 Å². The fraction of sp³-hybridized carbons (Fsp3) is 0.600. The van der Waals surface area contributed by atoms with Gasteiger partial charge in [0.2, 0.25) is 0 Å². The Morgan fingerprint density at radius 1 is 1.00 bits per heavy atom. The molecular formula is C15H25ClN2. The number of hydrogen-bond acceptors (Lipinski definition) is 2. The summed E-state index contributed by atoms with van der Waals surface area (Å²) in [7, 11) is 0. The normalized spacial score (nSPS) is 16.9. The summed E-state index contributed by atoms with van der Waals surface area (Å²) in [4.78, 5) is 2.48. The molecule has 0 saturated carbocycles. The Bertz CT molecular complexity index is 346. The minimum Gasteiger partial charge on any atom is -0.370 e. The van der Waals surface area contributed by atoms with Crippen molar-refractivity contribution < 1.29 is 0 Å². The second-order valence-electron chi connectivity index (χ2n) is 5.89. The number of nitrogens with one attached hydrogen (secondary N) is 1. The molecule has 1 fully saturated rings. The number of hydrogen-bond donors (Lipinski definition) is 1. The first-order valence-electron chi connectivity index (χ1n) is 6.63. The molecule has 1 aromatic carbocycles. The lowest BCUT2D eigenvalue weighted by molar-refractivity contribution is 0.590. The number of benzene rings is 1. The fourth-order valence-electron chi connectivity index (χ4n) is 2.28. The molecular weight excluding hydrogens is 244 g/mol. The van der Waals surface area contributed by atoms with E-state index in [9.17, 15) is 0 Å². The van der Waals surface area contributed by atoms with Crippen molar-refractivity contribution in [2.75, 3.05) is 31.1 Å².